The van der Waals surface area contributed by atoms with Gasteiger partial charge in [0.25, 0.3) is 5.91 Å². The molecule has 0 radical (unpaired) electrons. The lowest BCUT2D eigenvalue weighted by Gasteiger charge is -2.18. The molecule has 0 saturated carbocycles. The Morgan fingerprint density at radius 2 is 1.89 bits per heavy atom. The summed E-state index contributed by atoms with van der Waals surface area (Å²) in [5, 5.41) is 5.87. The van der Waals surface area contributed by atoms with Crippen LogP contribution in [0.2, 0.25) is 0 Å². The summed E-state index contributed by atoms with van der Waals surface area (Å²) < 4.78 is 5.16. The lowest BCUT2D eigenvalue weighted by atomic mass is 10.2. The number of ether oxygens (including phenoxy) is 1. The molecule has 0 unspecified atom stereocenters. The van der Waals surface area contributed by atoms with Gasteiger partial charge in [0.05, 0.1) is 18.4 Å². The molecule has 0 fully saturated rings. The molecular formula is C20H26ClN3O3S. The monoisotopic (exact) mass is 423 g/mol. The average Bonchev–Trinajstić information content (AvgIpc) is 2.70. The van der Waals surface area contributed by atoms with Crippen molar-refractivity contribution in [1.29, 1.82) is 0 Å². The first-order valence-electron chi connectivity index (χ1n) is 8.61. The number of carbonyl (C=O) groups is 2. The number of methoxy groups -OCH3 is 1. The molecule has 28 heavy (non-hydrogen) atoms. The van der Waals surface area contributed by atoms with Crippen LogP contribution in [0.3, 0.4) is 0 Å². The van der Waals surface area contributed by atoms with Gasteiger partial charge < -0.3 is 20.3 Å². The third-order valence-corrected chi connectivity index (χ3v) is 4.95. The van der Waals surface area contributed by atoms with E-state index in [1.807, 2.05) is 37.4 Å². The number of halogens is 1. The van der Waals surface area contributed by atoms with Gasteiger partial charge in [-0.1, -0.05) is 18.2 Å². The number of hydrogen-bond acceptors (Lipinski definition) is 5. The first kappa shape index (κ1) is 23.8. The molecule has 2 amide bonds. The molecule has 0 saturated heterocycles. The Labute approximate surface area is 176 Å². The molecule has 0 heterocycles. The number of nitrogens with one attached hydrogen (secondary N) is 2. The average molecular weight is 424 g/mol. The number of nitrogens with zero attached hydrogens (tertiary/aromatic N) is 1. The van der Waals surface area contributed by atoms with Gasteiger partial charge >= 0.3 is 0 Å². The first-order valence-corrected chi connectivity index (χ1v) is 9.59. The van der Waals surface area contributed by atoms with Crippen LogP contribution in [0.1, 0.15) is 10.4 Å². The van der Waals surface area contributed by atoms with E-state index < -0.39 is 0 Å². The van der Waals surface area contributed by atoms with Crippen molar-refractivity contribution in [1.82, 2.24) is 10.2 Å². The highest BCUT2D eigenvalue weighted by atomic mass is 35.5. The van der Waals surface area contributed by atoms with E-state index in [4.69, 9.17) is 4.74 Å². The fourth-order valence-electron chi connectivity index (χ4n) is 2.40. The highest BCUT2D eigenvalue weighted by Crippen LogP contribution is 2.24. The zero-order valence-corrected chi connectivity index (χ0v) is 17.9. The van der Waals surface area contributed by atoms with Crippen LogP contribution in [-0.2, 0) is 4.79 Å². The largest absolute Gasteiger partial charge is 0.497 e. The van der Waals surface area contributed by atoms with Gasteiger partial charge in [-0.05, 0) is 31.3 Å². The van der Waals surface area contributed by atoms with Gasteiger partial charge in [-0.2, -0.15) is 0 Å². The number of likely N-dealkylation sites (N-methyl/N-ethyl adjacent to an activating group) is 2. The molecule has 2 aromatic carbocycles. The summed E-state index contributed by atoms with van der Waals surface area (Å²) in [5.74, 6) is 0.698. The number of carbonyl (C=O) groups excluding carboxylic acids is 2. The van der Waals surface area contributed by atoms with E-state index in [1.165, 1.54) is 11.8 Å². The van der Waals surface area contributed by atoms with E-state index in [9.17, 15) is 9.59 Å². The predicted molar refractivity (Wildman–Crippen MR) is 117 cm³/mol. The smallest absolute Gasteiger partial charge is 0.254 e. The second-order valence-electron chi connectivity index (χ2n) is 5.90. The number of benzene rings is 2. The van der Waals surface area contributed by atoms with Crippen molar-refractivity contribution >= 4 is 41.7 Å². The van der Waals surface area contributed by atoms with Crippen molar-refractivity contribution in [2.45, 2.75) is 4.90 Å². The molecule has 2 aromatic rings. The van der Waals surface area contributed by atoms with Gasteiger partial charge in [0.1, 0.15) is 5.75 Å². The van der Waals surface area contributed by atoms with E-state index >= 15 is 0 Å². The quantitative estimate of drug-likeness (QED) is 0.606. The van der Waals surface area contributed by atoms with Crippen molar-refractivity contribution in [3.05, 3.63) is 54.1 Å². The molecule has 2 N–H and O–H groups in total. The number of hydrogen-bond donors (Lipinski definition) is 2. The minimum Gasteiger partial charge on any atom is -0.497 e. The number of rotatable bonds is 9. The van der Waals surface area contributed by atoms with E-state index in [0.717, 1.165) is 11.4 Å². The van der Waals surface area contributed by atoms with Crippen LogP contribution < -0.4 is 15.4 Å². The van der Waals surface area contributed by atoms with Crippen molar-refractivity contribution in [3.63, 3.8) is 0 Å². The Bertz CT molecular complexity index is 789. The molecule has 0 aliphatic heterocycles. The Balaban J connectivity index is 0.00000392. The first-order chi connectivity index (χ1) is 13.0. The third kappa shape index (κ3) is 7.07. The van der Waals surface area contributed by atoms with Crippen LogP contribution in [0, 0.1) is 0 Å². The lowest BCUT2D eigenvalue weighted by molar-refractivity contribution is -0.113. The molecule has 6 nitrogen and oxygen atoms in total. The van der Waals surface area contributed by atoms with E-state index in [2.05, 4.69) is 10.6 Å². The van der Waals surface area contributed by atoms with Crippen LogP contribution in [-0.4, -0.2) is 56.8 Å². The van der Waals surface area contributed by atoms with Gasteiger partial charge in [0, 0.05) is 36.8 Å². The SMILES string of the molecule is CNCCN(C)C(=O)c1ccccc1SCC(=O)Nc1cccc(OC)c1.Cl. The fraction of sp³-hybridized carbons (Fsp3) is 0.300. The molecule has 0 spiro atoms. The summed E-state index contributed by atoms with van der Waals surface area (Å²) in [4.78, 5) is 27.4. The summed E-state index contributed by atoms with van der Waals surface area (Å²) >= 11 is 1.35. The van der Waals surface area contributed by atoms with Gasteiger partial charge in [-0.25, -0.2) is 0 Å². The molecule has 0 aliphatic carbocycles. The third-order valence-electron chi connectivity index (χ3n) is 3.87. The lowest BCUT2D eigenvalue weighted by Crippen LogP contribution is -2.33. The predicted octanol–water partition coefficient (Wildman–Crippen LogP) is 3.14. The van der Waals surface area contributed by atoms with E-state index in [1.54, 1.807) is 37.3 Å². The molecule has 0 atom stereocenters. The van der Waals surface area contributed by atoms with Crippen molar-refractivity contribution in [3.8, 4) is 5.75 Å². The van der Waals surface area contributed by atoms with Crippen molar-refractivity contribution < 1.29 is 14.3 Å². The van der Waals surface area contributed by atoms with Crippen molar-refractivity contribution in [2.24, 2.45) is 0 Å². The summed E-state index contributed by atoms with van der Waals surface area (Å²) in [5.41, 5.74) is 1.28. The number of thioether (sulfide) groups is 1. The topological polar surface area (TPSA) is 70.7 Å². The van der Waals surface area contributed by atoms with Crippen LogP contribution in [0.5, 0.6) is 5.75 Å². The minimum atomic E-state index is -0.140. The molecule has 0 bridgehead atoms. The zero-order valence-electron chi connectivity index (χ0n) is 16.2. The zero-order chi connectivity index (χ0) is 19.6. The van der Waals surface area contributed by atoms with Crippen LogP contribution >= 0.6 is 24.2 Å². The second kappa shape index (κ2) is 12.3. The summed E-state index contributed by atoms with van der Waals surface area (Å²) in [6.07, 6.45) is 0. The maximum Gasteiger partial charge on any atom is 0.254 e. The van der Waals surface area contributed by atoms with E-state index in [-0.39, 0.29) is 30.0 Å². The van der Waals surface area contributed by atoms with Gasteiger partial charge in [-0.15, -0.1) is 24.2 Å². The van der Waals surface area contributed by atoms with Crippen LogP contribution in [0.15, 0.2) is 53.4 Å². The number of amides is 2. The fourth-order valence-corrected chi connectivity index (χ4v) is 3.24. The Morgan fingerprint density at radius 1 is 1.14 bits per heavy atom. The molecule has 8 heteroatoms. The maximum atomic E-state index is 12.6. The Hall–Kier alpha value is -2.22. The molecular weight excluding hydrogens is 398 g/mol. The molecule has 0 aromatic heterocycles. The maximum absolute atomic E-state index is 12.6. The normalized spacial score (nSPS) is 9.96. The standard InChI is InChI=1S/C20H25N3O3S.ClH/c1-21-11-12-23(2)20(25)17-9-4-5-10-18(17)27-14-19(24)22-15-7-6-8-16(13-15)26-3;/h4-10,13,21H,11-12,14H2,1-3H3,(H,22,24);1H. The van der Waals surface area contributed by atoms with Gasteiger partial charge in [-0.3, -0.25) is 9.59 Å². The summed E-state index contributed by atoms with van der Waals surface area (Å²) in [6, 6.07) is 14.6. The van der Waals surface area contributed by atoms with Gasteiger partial charge in [0.2, 0.25) is 5.91 Å². The highest BCUT2D eigenvalue weighted by Gasteiger charge is 2.16. The minimum absolute atomic E-state index is 0. The summed E-state index contributed by atoms with van der Waals surface area (Å²) in [7, 11) is 5.21. The molecule has 0 aliphatic rings. The van der Waals surface area contributed by atoms with E-state index in [0.29, 0.717) is 23.5 Å². The Kier molecular flexibility index (Phi) is 10.4. The summed E-state index contributed by atoms with van der Waals surface area (Å²) in [6.45, 7) is 1.34. The van der Waals surface area contributed by atoms with Crippen LogP contribution in [0.25, 0.3) is 0 Å². The van der Waals surface area contributed by atoms with Gasteiger partial charge in [0.15, 0.2) is 0 Å². The molecule has 152 valence electrons. The second-order valence-corrected chi connectivity index (χ2v) is 6.91. The van der Waals surface area contributed by atoms with Crippen LogP contribution in [0.4, 0.5) is 5.69 Å². The van der Waals surface area contributed by atoms with Crippen molar-refractivity contribution in [2.75, 3.05) is 45.4 Å². The highest BCUT2D eigenvalue weighted by molar-refractivity contribution is 8.00. The Morgan fingerprint density at radius 3 is 2.61 bits per heavy atom. The number of anilines is 1. The molecule has 2 rings (SSSR count).